The number of hydrogen-bond donors (Lipinski definition) is 0. The summed E-state index contributed by atoms with van der Waals surface area (Å²) in [4.78, 5) is 23.9. The van der Waals surface area contributed by atoms with E-state index in [-0.39, 0.29) is 6.09 Å². The van der Waals surface area contributed by atoms with Gasteiger partial charge in [-0.15, -0.1) is 0 Å². The van der Waals surface area contributed by atoms with E-state index < -0.39 is 0 Å². The lowest BCUT2D eigenvalue weighted by molar-refractivity contribution is 0.0628. The maximum Gasteiger partial charge on any atom is 0.410 e. The van der Waals surface area contributed by atoms with Crippen LogP contribution in [0.5, 0.6) is 0 Å². The third kappa shape index (κ3) is 5.81. The molecule has 172 valence electrons. The summed E-state index contributed by atoms with van der Waals surface area (Å²) < 4.78 is 6.58. The fourth-order valence-electron chi connectivity index (χ4n) is 4.88. The lowest BCUT2D eigenvalue weighted by Crippen LogP contribution is -2.58. The molecule has 2 aromatic rings. The summed E-state index contributed by atoms with van der Waals surface area (Å²) in [7, 11) is 0. The van der Waals surface area contributed by atoms with Gasteiger partial charge in [0.1, 0.15) is 12.4 Å². The number of aromatic nitrogens is 1. The largest absolute Gasteiger partial charge is 0.445 e. The molecule has 32 heavy (non-hydrogen) atoms. The van der Waals surface area contributed by atoms with Crippen LogP contribution in [-0.2, 0) is 11.3 Å². The molecule has 3 heterocycles. The summed E-state index contributed by atoms with van der Waals surface area (Å²) in [6, 6.07) is 14.9. The molecule has 7 heteroatoms. The number of likely N-dealkylation sites (tertiary alicyclic amines) is 1. The lowest BCUT2D eigenvalue weighted by atomic mass is 9.94. The highest BCUT2D eigenvalue weighted by Gasteiger charge is 2.33. The van der Waals surface area contributed by atoms with Crippen molar-refractivity contribution in [3.63, 3.8) is 0 Å². The molecule has 1 aromatic heterocycles. The molecule has 0 aliphatic carbocycles. The molecule has 0 spiro atoms. The molecular weight excluding hydrogens is 468 g/mol. The SMILES string of the molecule is C[C@@H]1CN(c2cc(Br)ccn2)C[C@H](C)N1CC1CCN(C(=O)OCc2ccccc2)CC1. The normalized spacial score (nSPS) is 22.7. The van der Waals surface area contributed by atoms with E-state index in [1.165, 1.54) is 0 Å². The molecule has 0 bridgehead atoms. The second-order valence-electron chi connectivity index (χ2n) is 9.10. The van der Waals surface area contributed by atoms with E-state index in [0.29, 0.717) is 24.6 Å². The summed E-state index contributed by atoms with van der Waals surface area (Å²) in [6.07, 6.45) is 3.74. The summed E-state index contributed by atoms with van der Waals surface area (Å²) in [5.74, 6) is 1.66. The molecule has 2 fully saturated rings. The number of hydrogen-bond acceptors (Lipinski definition) is 5. The zero-order valence-corrected chi connectivity index (χ0v) is 20.6. The molecule has 0 saturated carbocycles. The van der Waals surface area contributed by atoms with Gasteiger partial charge in [-0.1, -0.05) is 46.3 Å². The van der Waals surface area contributed by atoms with Crippen LogP contribution < -0.4 is 4.90 Å². The Balaban J connectivity index is 1.24. The van der Waals surface area contributed by atoms with Gasteiger partial charge in [0.2, 0.25) is 0 Å². The minimum atomic E-state index is -0.191. The number of ether oxygens (including phenoxy) is 1. The average molecular weight is 501 g/mol. The second kappa shape index (κ2) is 10.7. The predicted molar refractivity (Wildman–Crippen MR) is 131 cm³/mol. The summed E-state index contributed by atoms with van der Waals surface area (Å²) >= 11 is 3.56. The first kappa shape index (κ1) is 23.1. The van der Waals surface area contributed by atoms with Crippen LogP contribution in [0.2, 0.25) is 0 Å². The minimum absolute atomic E-state index is 0.191. The fraction of sp³-hybridized carbons (Fsp3) is 0.520. The van der Waals surface area contributed by atoms with E-state index in [0.717, 1.165) is 61.4 Å². The fourth-order valence-corrected chi connectivity index (χ4v) is 5.20. The van der Waals surface area contributed by atoms with E-state index in [9.17, 15) is 4.79 Å². The van der Waals surface area contributed by atoms with Crippen molar-refractivity contribution >= 4 is 27.8 Å². The third-order valence-electron chi connectivity index (χ3n) is 6.68. The Hall–Kier alpha value is -2.12. The third-order valence-corrected chi connectivity index (χ3v) is 7.17. The highest BCUT2D eigenvalue weighted by Crippen LogP contribution is 2.26. The minimum Gasteiger partial charge on any atom is -0.445 e. The van der Waals surface area contributed by atoms with Gasteiger partial charge >= 0.3 is 6.09 Å². The number of rotatable bonds is 5. The van der Waals surface area contributed by atoms with Crippen molar-refractivity contribution in [3.05, 3.63) is 58.7 Å². The quantitative estimate of drug-likeness (QED) is 0.590. The first-order valence-electron chi connectivity index (χ1n) is 11.6. The monoisotopic (exact) mass is 500 g/mol. The van der Waals surface area contributed by atoms with Crippen molar-refractivity contribution in [1.29, 1.82) is 0 Å². The maximum absolute atomic E-state index is 12.4. The number of carbonyl (C=O) groups is 1. The van der Waals surface area contributed by atoms with E-state index in [1.54, 1.807) is 0 Å². The zero-order valence-electron chi connectivity index (χ0n) is 19.0. The van der Waals surface area contributed by atoms with E-state index in [1.807, 2.05) is 47.5 Å². The molecule has 0 radical (unpaired) electrons. The molecule has 6 nitrogen and oxygen atoms in total. The Morgan fingerprint density at radius 3 is 2.44 bits per heavy atom. The van der Waals surface area contributed by atoms with Crippen molar-refractivity contribution in [2.24, 2.45) is 5.92 Å². The van der Waals surface area contributed by atoms with Crippen molar-refractivity contribution < 1.29 is 9.53 Å². The molecule has 4 rings (SSSR count). The zero-order chi connectivity index (χ0) is 22.5. The molecule has 2 aliphatic rings. The van der Waals surface area contributed by atoms with E-state index in [2.05, 4.69) is 50.6 Å². The number of carbonyl (C=O) groups excluding carboxylic acids is 1. The van der Waals surface area contributed by atoms with Crippen LogP contribution in [0.4, 0.5) is 10.6 Å². The van der Waals surface area contributed by atoms with Gasteiger partial charge in [0, 0.05) is 55.5 Å². The number of pyridine rings is 1. The molecule has 1 amide bonds. The van der Waals surface area contributed by atoms with Crippen LogP contribution in [0.15, 0.2) is 53.1 Å². The Kier molecular flexibility index (Phi) is 7.68. The highest BCUT2D eigenvalue weighted by molar-refractivity contribution is 9.10. The Bertz CT molecular complexity index is 877. The van der Waals surface area contributed by atoms with E-state index >= 15 is 0 Å². The van der Waals surface area contributed by atoms with Crippen molar-refractivity contribution in [2.75, 3.05) is 37.6 Å². The highest BCUT2D eigenvalue weighted by atomic mass is 79.9. The van der Waals surface area contributed by atoms with Crippen LogP contribution in [-0.4, -0.2) is 65.7 Å². The van der Waals surface area contributed by atoms with Gasteiger partial charge in [-0.3, -0.25) is 4.90 Å². The van der Waals surface area contributed by atoms with Crippen LogP contribution >= 0.6 is 15.9 Å². The lowest BCUT2D eigenvalue weighted by Gasteiger charge is -2.47. The standard InChI is InChI=1S/C25H33BrN4O2/c1-19-15-29(24-14-23(26)8-11-27-24)16-20(2)30(19)17-21-9-12-28(13-10-21)25(31)32-18-22-6-4-3-5-7-22/h3-8,11,14,19-21H,9-10,12-13,15-18H2,1-2H3/t19-,20+. The summed E-state index contributed by atoms with van der Waals surface area (Å²) in [6.45, 7) is 9.59. The van der Waals surface area contributed by atoms with Crippen molar-refractivity contribution in [1.82, 2.24) is 14.8 Å². The number of benzene rings is 1. The Labute approximate surface area is 199 Å². The first-order chi connectivity index (χ1) is 15.5. The molecule has 2 atom stereocenters. The number of piperidine rings is 1. The van der Waals surface area contributed by atoms with Crippen LogP contribution in [0.3, 0.4) is 0 Å². The van der Waals surface area contributed by atoms with Gasteiger partial charge < -0.3 is 14.5 Å². The molecular formula is C25H33BrN4O2. The second-order valence-corrected chi connectivity index (χ2v) is 10.0. The van der Waals surface area contributed by atoms with Crippen LogP contribution in [0, 0.1) is 5.92 Å². The number of halogens is 1. The Morgan fingerprint density at radius 2 is 1.78 bits per heavy atom. The van der Waals surface area contributed by atoms with Crippen LogP contribution in [0.1, 0.15) is 32.3 Å². The summed E-state index contributed by atoms with van der Waals surface area (Å²) in [5, 5.41) is 0. The van der Waals surface area contributed by atoms with Crippen molar-refractivity contribution in [2.45, 2.75) is 45.4 Å². The van der Waals surface area contributed by atoms with Crippen molar-refractivity contribution in [3.8, 4) is 0 Å². The molecule has 1 aromatic carbocycles. The van der Waals surface area contributed by atoms with Gasteiger partial charge in [0.25, 0.3) is 0 Å². The predicted octanol–water partition coefficient (Wildman–Crippen LogP) is 4.79. The van der Waals surface area contributed by atoms with Gasteiger partial charge in [-0.2, -0.15) is 0 Å². The maximum atomic E-state index is 12.4. The Morgan fingerprint density at radius 1 is 1.09 bits per heavy atom. The number of nitrogens with zero attached hydrogens (tertiary/aromatic N) is 4. The average Bonchev–Trinajstić information content (AvgIpc) is 2.81. The molecule has 2 saturated heterocycles. The van der Waals surface area contributed by atoms with E-state index in [4.69, 9.17) is 4.74 Å². The molecule has 0 unspecified atom stereocenters. The van der Waals surface area contributed by atoms with Crippen LogP contribution in [0.25, 0.3) is 0 Å². The topological polar surface area (TPSA) is 48.9 Å². The smallest absolute Gasteiger partial charge is 0.410 e. The first-order valence-corrected chi connectivity index (χ1v) is 12.4. The van der Waals surface area contributed by atoms with Gasteiger partial charge in [0.05, 0.1) is 0 Å². The number of piperazine rings is 1. The number of amides is 1. The van der Waals surface area contributed by atoms with Gasteiger partial charge in [0.15, 0.2) is 0 Å². The van der Waals surface area contributed by atoms with Gasteiger partial charge in [-0.25, -0.2) is 9.78 Å². The molecule has 2 aliphatic heterocycles. The molecule has 0 N–H and O–H groups in total. The van der Waals surface area contributed by atoms with Gasteiger partial charge in [-0.05, 0) is 50.3 Å². The summed E-state index contributed by atoms with van der Waals surface area (Å²) in [5.41, 5.74) is 1.02. The number of anilines is 1.